The highest BCUT2D eigenvalue weighted by molar-refractivity contribution is 9.10. The lowest BCUT2D eigenvalue weighted by Gasteiger charge is -2.10. The Morgan fingerprint density at radius 3 is 2.92 bits per heavy atom. The summed E-state index contributed by atoms with van der Waals surface area (Å²) in [5, 5.41) is 14.3. The highest BCUT2D eigenvalue weighted by atomic mass is 79.9. The summed E-state index contributed by atoms with van der Waals surface area (Å²) in [7, 11) is 0. The predicted octanol–water partition coefficient (Wildman–Crippen LogP) is 3.62. The number of hydrogen-bond donors (Lipinski definition) is 3. The van der Waals surface area contributed by atoms with E-state index < -0.39 is 6.10 Å². The Balaban J connectivity index is 2.04. The molecule has 0 saturated heterocycles. The van der Waals surface area contributed by atoms with Crippen LogP contribution in [0.25, 0.3) is 11.0 Å². The van der Waals surface area contributed by atoms with E-state index in [1.807, 2.05) is 12.1 Å². The van der Waals surface area contributed by atoms with Crippen LogP contribution in [0, 0.1) is 0 Å². The zero-order chi connectivity index (χ0) is 17.1. The summed E-state index contributed by atoms with van der Waals surface area (Å²) in [6.07, 6.45) is 3.91. The van der Waals surface area contributed by atoms with Gasteiger partial charge in [0, 0.05) is 29.5 Å². The molecule has 0 unspecified atom stereocenters. The number of aliphatic hydroxyl groups excluding tert-OH is 1. The van der Waals surface area contributed by atoms with Crippen molar-refractivity contribution in [3.05, 3.63) is 34.7 Å². The van der Waals surface area contributed by atoms with Crippen molar-refractivity contribution >= 4 is 44.5 Å². The topological polar surface area (TPSA) is 86.7 Å². The van der Waals surface area contributed by atoms with Crippen LogP contribution in [0.2, 0.25) is 0 Å². The molecule has 0 radical (unpaired) electrons. The van der Waals surface area contributed by atoms with E-state index in [-0.39, 0.29) is 0 Å². The Morgan fingerprint density at radius 1 is 1.42 bits per heavy atom. The van der Waals surface area contributed by atoms with Gasteiger partial charge in [0.2, 0.25) is 0 Å². The molecule has 3 rings (SSSR count). The van der Waals surface area contributed by atoms with Crippen LogP contribution in [0.1, 0.15) is 19.5 Å². The molecule has 0 aliphatic rings. The molecule has 0 amide bonds. The average molecular weight is 408 g/mol. The Labute approximate surface area is 152 Å². The molecule has 6 nitrogen and oxygen atoms in total. The number of aromatic nitrogens is 4. The standard InChI is InChI=1S/C16H18BrN5OS/c1-3-11-13(17)12-14(19-7-9(2)23)21-16(22-15(12)20-11)24-10-5-4-6-18-8-10/h4-6,8-9,23H,3,7H2,1-2H3,(H2,19,20,21,22)/t9-/m0/s1. The minimum absolute atomic E-state index is 0.419. The lowest BCUT2D eigenvalue weighted by Crippen LogP contribution is -2.16. The molecule has 0 bridgehead atoms. The Morgan fingerprint density at radius 2 is 2.25 bits per heavy atom. The van der Waals surface area contributed by atoms with Crippen molar-refractivity contribution in [3.63, 3.8) is 0 Å². The molecule has 0 spiro atoms. The molecule has 3 aromatic heterocycles. The molecule has 0 fully saturated rings. The van der Waals surface area contributed by atoms with Crippen molar-refractivity contribution in [3.8, 4) is 0 Å². The van der Waals surface area contributed by atoms with Gasteiger partial charge in [-0.3, -0.25) is 4.98 Å². The summed E-state index contributed by atoms with van der Waals surface area (Å²) >= 11 is 5.08. The number of aromatic amines is 1. The minimum Gasteiger partial charge on any atom is -0.392 e. The van der Waals surface area contributed by atoms with Gasteiger partial charge < -0.3 is 15.4 Å². The second-order valence-electron chi connectivity index (χ2n) is 5.37. The Kier molecular flexibility index (Phi) is 5.37. The molecule has 0 aliphatic carbocycles. The third-order valence-electron chi connectivity index (χ3n) is 3.40. The quantitative estimate of drug-likeness (QED) is 0.540. The largest absolute Gasteiger partial charge is 0.392 e. The van der Waals surface area contributed by atoms with Crippen LogP contribution in [-0.4, -0.2) is 37.7 Å². The number of fused-ring (bicyclic) bond motifs is 1. The minimum atomic E-state index is -0.465. The lowest BCUT2D eigenvalue weighted by molar-refractivity contribution is 0.208. The van der Waals surface area contributed by atoms with Gasteiger partial charge in [0.1, 0.15) is 11.5 Å². The van der Waals surface area contributed by atoms with E-state index >= 15 is 0 Å². The van der Waals surface area contributed by atoms with Crippen LogP contribution >= 0.6 is 27.7 Å². The van der Waals surface area contributed by atoms with E-state index in [4.69, 9.17) is 0 Å². The zero-order valence-corrected chi connectivity index (χ0v) is 15.8. The highest BCUT2D eigenvalue weighted by Gasteiger charge is 2.17. The number of anilines is 1. The molecule has 3 heterocycles. The molecule has 0 aromatic carbocycles. The second-order valence-corrected chi connectivity index (χ2v) is 7.20. The molecule has 1 atom stereocenters. The first-order chi connectivity index (χ1) is 11.6. The summed E-state index contributed by atoms with van der Waals surface area (Å²) in [4.78, 5) is 17.7. The fourth-order valence-corrected chi connectivity index (χ4v) is 3.76. The molecule has 3 aromatic rings. The van der Waals surface area contributed by atoms with Crippen LogP contribution in [0.15, 0.2) is 39.1 Å². The van der Waals surface area contributed by atoms with Gasteiger partial charge in [-0.2, -0.15) is 0 Å². The van der Waals surface area contributed by atoms with Crippen molar-refractivity contribution in [2.75, 3.05) is 11.9 Å². The zero-order valence-electron chi connectivity index (χ0n) is 13.4. The molecule has 126 valence electrons. The summed E-state index contributed by atoms with van der Waals surface area (Å²) in [6, 6.07) is 3.85. The Hall–Kier alpha value is -1.64. The molecule has 24 heavy (non-hydrogen) atoms. The number of aliphatic hydroxyl groups is 1. The van der Waals surface area contributed by atoms with Crippen molar-refractivity contribution in [2.45, 2.75) is 36.4 Å². The fourth-order valence-electron chi connectivity index (χ4n) is 2.26. The van der Waals surface area contributed by atoms with Crippen molar-refractivity contribution in [2.24, 2.45) is 0 Å². The fraction of sp³-hybridized carbons (Fsp3) is 0.312. The Bertz CT molecular complexity index is 837. The third kappa shape index (κ3) is 3.71. The maximum Gasteiger partial charge on any atom is 0.196 e. The van der Waals surface area contributed by atoms with E-state index in [1.54, 1.807) is 19.3 Å². The summed E-state index contributed by atoms with van der Waals surface area (Å²) in [6.45, 7) is 4.24. The van der Waals surface area contributed by atoms with E-state index in [9.17, 15) is 5.11 Å². The molecule has 8 heteroatoms. The van der Waals surface area contributed by atoms with E-state index in [1.165, 1.54) is 11.8 Å². The normalized spacial score (nSPS) is 12.5. The third-order valence-corrected chi connectivity index (χ3v) is 5.12. The number of halogens is 1. The van der Waals surface area contributed by atoms with Gasteiger partial charge >= 0.3 is 0 Å². The van der Waals surface area contributed by atoms with Crippen LogP contribution in [0.3, 0.4) is 0 Å². The van der Waals surface area contributed by atoms with Gasteiger partial charge in [-0.15, -0.1) is 0 Å². The van der Waals surface area contributed by atoms with Crippen LogP contribution in [0.5, 0.6) is 0 Å². The molecule has 0 aliphatic heterocycles. The molecular formula is C16H18BrN5OS. The van der Waals surface area contributed by atoms with Gasteiger partial charge in [0.05, 0.1) is 16.0 Å². The van der Waals surface area contributed by atoms with E-state index in [2.05, 4.69) is 48.1 Å². The number of nitrogens with one attached hydrogen (secondary N) is 2. The number of rotatable bonds is 6. The lowest BCUT2D eigenvalue weighted by atomic mass is 10.3. The molecule has 3 N–H and O–H groups in total. The number of nitrogens with zero attached hydrogens (tertiary/aromatic N) is 3. The number of pyridine rings is 1. The first-order valence-electron chi connectivity index (χ1n) is 7.66. The molecular weight excluding hydrogens is 390 g/mol. The van der Waals surface area contributed by atoms with Gasteiger partial charge in [-0.05, 0) is 53.2 Å². The molecule has 0 saturated carbocycles. The summed E-state index contributed by atoms with van der Waals surface area (Å²) in [5.41, 5.74) is 1.84. The van der Waals surface area contributed by atoms with Crippen molar-refractivity contribution < 1.29 is 5.11 Å². The highest BCUT2D eigenvalue weighted by Crippen LogP contribution is 2.35. The number of hydrogen-bond acceptors (Lipinski definition) is 6. The van der Waals surface area contributed by atoms with Crippen LogP contribution in [-0.2, 0) is 6.42 Å². The van der Waals surface area contributed by atoms with Crippen molar-refractivity contribution in [1.29, 1.82) is 0 Å². The maximum atomic E-state index is 9.57. The SMILES string of the molecule is CCc1[nH]c2nc(Sc3cccnc3)nc(NC[C@H](C)O)c2c1Br. The average Bonchev–Trinajstić information content (AvgIpc) is 2.89. The summed E-state index contributed by atoms with van der Waals surface area (Å²) in [5.74, 6) is 0.704. The van der Waals surface area contributed by atoms with Crippen molar-refractivity contribution in [1.82, 2.24) is 19.9 Å². The van der Waals surface area contributed by atoms with Gasteiger partial charge in [0.25, 0.3) is 0 Å². The maximum absolute atomic E-state index is 9.57. The van der Waals surface area contributed by atoms with Crippen LogP contribution < -0.4 is 5.32 Å². The first-order valence-corrected chi connectivity index (χ1v) is 9.27. The second kappa shape index (κ2) is 7.50. The van der Waals surface area contributed by atoms with E-state index in [0.29, 0.717) is 17.5 Å². The van der Waals surface area contributed by atoms with Crippen LogP contribution in [0.4, 0.5) is 5.82 Å². The summed E-state index contributed by atoms with van der Waals surface area (Å²) < 4.78 is 0.964. The predicted molar refractivity (Wildman–Crippen MR) is 99.5 cm³/mol. The van der Waals surface area contributed by atoms with Gasteiger partial charge in [0.15, 0.2) is 5.16 Å². The van der Waals surface area contributed by atoms with E-state index in [0.717, 1.165) is 32.5 Å². The smallest absolute Gasteiger partial charge is 0.196 e. The number of aryl methyl sites for hydroxylation is 1. The first kappa shape index (κ1) is 17.2. The van der Waals surface area contributed by atoms with Gasteiger partial charge in [-0.25, -0.2) is 9.97 Å². The monoisotopic (exact) mass is 407 g/mol. The number of H-pyrrole nitrogens is 1. The van der Waals surface area contributed by atoms with Gasteiger partial charge in [-0.1, -0.05) is 6.92 Å².